The van der Waals surface area contributed by atoms with Crippen LogP contribution in [0, 0.1) is 0 Å². The van der Waals surface area contributed by atoms with E-state index in [1.165, 1.54) is 43.8 Å². The Labute approximate surface area is 343 Å². The molecule has 4 heteroatoms. The summed E-state index contributed by atoms with van der Waals surface area (Å²) in [4.78, 5) is 12.8. The lowest BCUT2D eigenvalue weighted by atomic mass is 9.66. The van der Waals surface area contributed by atoms with E-state index in [1.54, 1.807) is 0 Å². The average molecular weight is 756 g/mol. The monoisotopic (exact) mass is 755 g/mol. The first-order valence-electron chi connectivity index (χ1n) is 20.2. The van der Waals surface area contributed by atoms with E-state index in [2.05, 4.69) is 194 Å². The van der Waals surface area contributed by atoms with Crippen molar-refractivity contribution in [3.8, 4) is 33.8 Å². The van der Waals surface area contributed by atoms with Crippen LogP contribution in [0.5, 0.6) is 11.5 Å². The van der Waals surface area contributed by atoms with Gasteiger partial charge in [0.05, 0.1) is 5.41 Å². The van der Waals surface area contributed by atoms with E-state index in [4.69, 9.17) is 14.7 Å². The van der Waals surface area contributed by atoms with Crippen molar-refractivity contribution < 1.29 is 4.74 Å². The molecule has 1 spiro atoms. The van der Waals surface area contributed by atoms with E-state index in [0.717, 1.165) is 62.1 Å². The fourth-order valence-corrected chi connectivity index (χ4v) is 9.89. The Balaban J connectivity index is 0.988. The highest BCUT2D eigenvalue weighted by molar-refractivity contribution is 6.15. The maximum absolute atomic E-state index is 6.74. The van der Waals surface area contributed by atoms with Crippen LogP contribution in [0.15, 0.2) is 210 Å². The normalized spacial score (nSPS) is 15.8. The molecule has 0 bridgehead atoms. The zero-order valence-electron chi connectivity index (χ0n) is 32.4. The van der Waals surface area contributed by atoms with Crippen LogP contribution >= 0.6 is 0 Å². The molecule has 2 heterocycles. The molecule has 9 aromatic carbocycles. The fourth-order valence-electron chi connectivity index (χ4n) is 9.89. The Morgan fingerprint density at radius 2 is 1.08 bits per heavy atom. The maximum atomic E-state index is 6.74. The molecule has 0 saturated carbocycles. The van der Waals surface area contributed by atoms with Crippen molar-refractivity contribution in [3.63, 3.8) is 0 Å². The molecule has 4 nitrogen and oxygen atoms in total. The first kappa shape index (κ1) is 33.6. The molecule has 1 atom stereocenters. The number of fused-ring (bicyclic) bond motifs is 12. The summed E-state index contributed by atoms with van der Waals surface area (Å²) in [6.07, 6.45) is -0.308. The summed E-state index contributed by atoms with van der Waals surface area (Å²) in [6, 6.07) is 71.9. The molecular weight excluding hydrogens is 719 g/mol. The van der Waals surface area contributed by atoms with Crippen LogP contribution in [0.2, 0.25) is 0 Å². The molecule has 59 heavy (non-hydrogen) atoms. The van der Waals surface area contributed by atoms with Crippen LogP contribution in [-0.4, -0.2) is 23.6 Å². The minimum absolute atomic E-state index is 0.308. The van der Waals surface area contributed by atoms with Crippen molar-refractivity contribution in [2.24, 2.45) is 9.98 Å². The van der Waals surface area contributed by atoms with Gasteiger partial charge in [0.15, 0.2) is 12.0 Å². The fraction of sp³-hybridized carbons (Fsp3) is 0.0545. The van der Waals surface area contributed by atoms with E-state index in [-0.39, 0.29) is 6.17 Å². The Hall–Kier alpha value is -7.56. The molecule has 0 radical (unpaired) electrons. The smallest absolute Gasteiger partial charge is 0.159 e. The van der Waals surface area contributed by atoms with Crippen molar-refractivity contribution in [1.29, 1.82) is 0 Å². The average Bonchev–Trinajstić information content (AvgIpc) is 3.59. The minimum atomic E-state index is -0.527. The highest BCUT2D eigenvalue weighted by Crippen LogP contribution is 2.62. The molecule has 12 rings (SSSR count). The Morgan fingerprint density at radius 3 is 1.92 bits per heavy atom. The van der Waals surface area contributed by atoms with Gasteiger partial charge in [0.1, 0.15) is 17.3 Å². The van der Waals surface area contributed by atoms with Gasteiger partial charge in [-0.1, -0.05) is 170 Å². The molecule has 1 aliphatic carbocycles. The predicted octanol–water partition coefficient (Wildman–Crippen LogP) is 13.0. The van der Waals surface area contributed by atoms with Crippen LogP contribution in [0.1, 0.15) is 45.1 Å². The minimum Gasteiger partial charge on any atom is -0.457 e. The second-order valence-corrected chi connectivity index (χ2v) is 15.7. The molecular formula is C55H37N3O. The summed E-state index contributed by atoms with van der Waals surface area (Å²) in [7, 11) is 2.11. The first-order valence-corrected chi connectivity index (χ1v) is 20.2. The maximum Gasteiger partial charge on any atom is 0.159 e. The Bertz CT molecular complexity index is 3190. The van der Waals surface area contributed by atoms with Gasteiger partial charge in [0.2, 0.25) is 0 Å². The van der Waals surface area contributed by atoms with Crippen molar-refractivity contribution in [1.82, 2.24) is 4.90 Å². The molecule has 0 saturated heterocycles. The molecule has 0 amide bonds. The third-order valence-electron chi connectivity index (χ3n) is 12.6. The highest BCUT2D eigenvalue weighted by Gasteiger charge is 2.51. The topological polar surface area (TPSA) is 37.2 Å². The number of hydrogen-bond donors (Lipinski definition) is 0. The number of hydrogen-bond acceptors (Lipinski definition) is 4. The summed E-state index contributed by atoms with van der Waals surface area (Å²) < 4.78 is 6.74. The van der Waals surface area contributed by atoms with Crippen LogP contribution in [0.4, 0.5) is 0 Å². The molecule has 1 unspecified atom stereocenters. The van der Waals surface area contributed by atoms with Gasteiger partial charge in [-0.2, -0.15) is 0 Å². The molecule has 278 valence electrons. The van der Waals surface area contributed by atoms with Gasteiger partial charge in [0, 0.05) is 29.3 Å². The SMILES string of the molecule is CN1C(c2ccc3c(ccc4ccccc43)c2)=NC(c2ccccc2)=NC1c1cccc(-c2ccc3c(c2)C2(c4ccccc4O3)c3ccccc3-c3ccccc32)c1. The van der Waals surface area contributed by atoms with Crippen molar-refractivity contribution in [2.75, 3.05) is 7.05 Å². The van der Waals surface area contributed by atoms with Gasteiger partial charge in [-0.3, -0.25) is 0 Å². The number of para-hydroxylation sites is 1. The largest absolute Gasteiger partial charge is 0.457 e. The van der Waals surface area contributed by atoms with Gasteiger partial charge in [-0.05, 0) is 90.8 Å². The van der Waals surface area contributed by atoms with E-state index in [9.17, 15) is 0 Å². The van der Waals surface area contributed by atoms with Crippen LogP contribution in [0.25, 0.3) is 43.8 Å². The molecule has 2 aliphatic heterocycles. The van der Waals surface area contributed by atoms with Crippen molar-refractivity contribution in [2.45, 2.75) is 11.6 Å². The number of rotatable bonds is 4. The lowest BCUT2D eigenvalue weighted by Gasteiger charge is -2.39. The summed E-state index contributed by atoms with van der Waals surface area (Å²) in [6.45, 7) is 0. The quantitative estimate of drug-likeness (QED) is 0.168. The molecule has 3 aliphatic rings. The van der Waals surface area contributed by atoms with Crippen molar-refractivity contribution in [3.05, 3.63) is 239 Å². The molecule has 0 N–H and O–H groups in total. The summed E-state index contributed by atoms with van der Waals surface area (Å²) >= 11 is 0. The van der Waals surface area contributed by atoms with Gasteiger partial charge in [-0.15, -0.1) is 0 Å². The van der Waals surface area contributed by atoms with Crippen LogP contribution in [0.3, 0.4) is 0 Å². The number of benzene rings is 9. The van der Waals surface area contributed by atoms with Crippen LogP contribution in [-0.2, 0) is 5.41 Å². The van der Waals surface area contributed by atoms with E-state index in [1.807, 2.05) is 18.2 Å². The summed E-state index contributed by atoms with van der Waals surface area (Å²) in [5.74, 6) is 3.38. The lowest BCUT2D eigenvalue weighted by molar-refractivity contribution is 0.383. The third kappa shape index (κ3) is 5.03. The van der Waals surface area contributed by atoms with E-state index in [0.29, 0.717) is 0 Å². The summed E-state index contributed by atoms with van der Waals surface area (Å²) in [5, 5.41) is 4.91. The lowest BCUT2D eigenvalue weighted by Crippen LogP contribution is -2.35. The van der Waals surface area contributed by atoms with Gasteiger partial charge in [0.25, 0.3) is 0 Å². The number of ether oxygens (including phenoxy) is 1. The van der Waals surface area contributed by atoms with Crippen molar-refractivity contribution >= 4 is 33.2 Å². The molecule has 9 aromatic rings. The summed E-state index contributed by atoms with van der Waals surface area (Å²) in [5.41, 5.74) is 12.2. The Morgan fingerprint density at radius 1 is 0.458 bits per heavy atom. The molecule has 0 aromatic heterocycles. The second-order valence-electron chi connectivity index (χ2n) is 15.7. The van der Waals surface area contributed by atoms with E-state index >= 15 is 0 Å². The van der Waals surface area contributed by atoms with Crippen LogP contribution < -0.4 is 4.74 Å². The second kappa shape index (κ2) is 13.0. The zero-order chi connectivity index (χ0) is 39.1. The van der Waals surface area contributed by atoms with Gasteiger partial charge < -0.3 is 9.64 Å². The predicted molar refractivity (Wildman–Crippen MR) is 241 cm³/mol. The van der Waals surface area contributed by atoms with E-state index < -0.39 is 5.41 Å². The number of amidine groups is 2. The number of nitrogens with zero attached hydrogens (tertiary/aromatic N) is 3. The number of aliphatic imine (C=N–C) groups is 2. The Kier molecular flexibility index (Phi) is 7.39. The standard InChI is InChI=1S/C55H37N3O/c1-58-53(56-52(36-15-3-2-4-16-36)57-54(58)41-28-30-43-39(33-41)27-26-35-14-5-6-19-42(35)43)40-18-13-17-37(32-40)38-29-31-51-49(34-38)55(48-24-11-12-25-50(48)59-51)46-22-9-7-20-44(46)45-21-8-10-23-47(45)55/h2-34,53H,1H3. The van der Waals surface area contributed by atoms with Gasteiger partial charge >= 0.3 is 0 Å². The first-order chi connectivity index (χ1) is 29.1. The zero-order valence-corrected chi connectivity index (χ0v) is 32.4. The van der Waals surface area contributed by atoms with Gasteiger partial charge in [-0.25, -0.2) is 9.98 Å². The molecule has 0 fully saturated rings. The highest BCUT2D eigenvalue weighted by atomic mass is 16.5. The third-order valence-corrected chi connectivity index (χ3v) is 12.6.